The summed E-state index contributed by atoms with van der Waals surface area (Å²) in [6.07, 6.45) is -0.781. The van der Waals surface area contributed by atoms with Crippen LogP contribution < -0.4 is 5.73 Å². The lowest BCUT2D eigenvalue weighted by molar-refractivity contribution is 0.109. The summed E-state index contributed by atoms with van der Waals surface area (Å²) in [7, 11) is 0. The Hall–Kier alpha value is -0.900. The predicted octanol–water partition coefficient (Wildman–Crippen LogP) is 2.73. The molecule has 1 aromatic carbocycles. The van der Waals surface area contributed by atoms with Crippen LogP contribution in [-0.4, -0.2) is 22.9 Å². The molecule has 2 atom stereocenters. The average Bonchev–Trinajstić information content (AvgIpc) is 2.42. The molecule has 0 saturated heterocycles. The number of hydrogen-bond donors (Lipinski definition) is 3. The highest BCUT2D eigenvalue weighted by Crippen LogP contribution is 2.14. The largest absolute Gasteiger partial charge is 0.395 e. The maximum absolute atomic E-state index is 9.50. The second-order valence-electron chi connectivity index (χ2n) is 2.70. The smallest absolute Gasteiger partial charge is 0.0963 e. The molecule has 0 aliphatic rings. The van der Waals surface area contributed by atoms with E-state index in [9.17, 15) is 5.11 Å². The monoisotopic (exact) mass is 243 g/mol. The van der Waals surface area contributed by atoms with E-state index < -0.39 is 12.1 Å². The second kappa shape index (κ2) is 15.1. The van der Waals surface area contributed by atoms with Crippen LogP contribution in [0.25, 0.3) is 0 Å². The molecule has 0 heterocycles. The molecule has 4 N–H and O–H groups in total. The van der Waals surface area contributed by atoms with Crippen molar-refractivity contribution >= 4 is 0 Å². The number of rotatable bonds is 3. The maximum Gasteiger partial charge on any atom is 0.0963 e. The van der Waals surface area contributed by atoms with Crippen molar-refractivity contribution in [2.45, 2.75) is 47.3 Å². The molecule has 2 unspecified atom stereocenters. The maximum atomic E-state index is 9.50. The molecule has 3 nitrogen and oxygen atoms in total. The molecule has 0 aliphatic carbocycles. The second-order valence-corrected chi connectivity index (χ2v) is 2.70. The van der Waals surface area contributed by atoms with Crippen LogP contribution in [0.4, 0.5) is 0 Å². The Balaban J connectivity index is -0.000000355. The zero-order chi connectivity index (χ0) is 13.0. The van der Waals surface area contributed by atoms with E-state index in [2.05, 4.69) is 0 Å². The van der Waals surface area contributed by atoms with Crippen LogP contribution in [0, 0.1) is 0 Å². The molecule has 0 amide bonds. The molecule has 1 rings (SSSR count). The van der Waals surface area contributed by atoms with E-state index in [-0.39, 0.29) is 14.0 Å². The molecular formula is C14H29NO2. The van der Waals surface area contributed by atoms with E-state index in [1.807, 2.05) is 45.9 Å². The van der Waals surface area contributed by atoms with Gasteiger partial charge >= 0.3 is 0 Å². The van der Waals surface area contributed by atoms with Gasteiger partial charge in [0, 0.05) is 0 Å². The van der Waals surface area contributed by atoms with Gasteiger partial charge < -0.3 is 15.9 Å². The summed E-state index contributed by atoms with van der Waals surface area (Å²) in [4.78, 5) is 0. The van der Waals surface area contributed by atoms with Gasteiger partial charge in [0.2, 0.25) is 0 Å². The van der Waals surface area contributed by atoms with Gasteiger partial charge in [0.15, 0.2) is 0 Å². The minimum absolute atomic E-state index is 0. The van der Waals surface area contributed by atoms with Crippen molar-refractivity contribution in [3.63, 3.8) is 0 Å². The van der Waals surface area contributed by atoms with Crippen LogP contribution >= 0.6 is 0 Å². The van der Waals surface area contributed by atoms with Gasteiger partial charge in [-0.15, -0.1) is 0 Å². The summed E-state index contributed by atoms with van der Waals surface area (Å²) < 4.78 is 0. The summed E-state index contributed by atoms with van der Waals surface area (Å²) in [5.74, 6) is 0. The highest BCUT2D eigenvalue weighted by molar-refractivity contribution is 5.18. The van der Waals surface area contributed by atoms with Crippen molar-refractivity contribution in [3.8, 4) is 0 Å². The van der Waals surface area contributed by atoms with Crippen molar-refractivity contribution in [3.05, 3.63) is 35.9 Å². The van der Waals surface area contributed by atoms with Crippen LogP contribution in [0.3, 0.4) is 0 Å². The third kappa shape index (κ3) is 8.86. The fraction of sp³-hybridized carbons (Fsp3) is 0.571. The van der Waals surface area contributed by atoms with Crippen LogP contribution in [0.5, 0.6) is 0 Å². The highest BCUT2D eigenvalue weighted by Gasteiger charge is 2.14. The lowest BCUT2D eigenvalue weighted by atomic mass is 10.0. The molecule has 102 valence electrons. The van der Waals surface area contributed by atoms with Gasteiger partial charge in [-0.1, -0.05) is 65.5 Å². The van der Waals surface area contributed by atoms with Crippen molar-refractivity contribution in [1.29, 1.82) is 0 Å². The summed E-state index contributed by atoms with van der Waals surface area (Å²) >= 11 is 0. The van der Waals surface area contributed by atoms with Gasteiger partial charge in [0.05, 0.1) is 18.8 Å². The van der Waals surface area contributed by atoms with E-state index in [1.165, 1.54) is 0 Å². The molecule has 0 bridgehead atoms. The fourth-order valence-corrected chi connectivity index (χ4v) is 0.997. The lowest BCUT2D eigenvalue weighted by Gasteiger charge is -2.16. The molecule has 0 radical (unpaired) electrons. The first-order valence-electron chi connectivity index (χ1n) is 5.85. The number of aliphatic hydroxyl groups is 2. The van der Waals surface area contributed by atoms with Gasteiger partial charge in [-0.05, 0) is 5.56 Å². The molecule has 0 spiro atoms. The molecule has 0 aliphatic heterocycles. The van der Waals surface area contributed by atoms with Crippen LogP contribution in [0.15, 0.2) is 30.3 Å². The Bertz CT molecular complexity index is 227. The Labute approximate surface area is 106 Å². The van der Waals surface area contributed by atoms with E-state index in [0.717, 1.165) is 5.56 Å². The first-order chi connectivity index (χ1) is 7.75. The van der Waals surface area contributed by atoms with Gasteiger partial charge in [0.1, 0.15) is 0 Å². The number of nitrogens with two attached hydrogens (primary N) is 1. The first-order valence-corrected chi connectivity index (χ1v) is 5.85. The van der Waals surface area contributed by atoms with Gasteiger partial charge in [-0.3, -0.25) is 0 Å². The molecule has 3 heteroatoms. The SMILES string of the molecule is C.CC.CC.NC(CO)C(O)c1ccccc1. The Morgan fingerprint density at radius 3 is 1.82 bits per heavy atom. The standard InChI is InChI=1S/C9H13NO2.2C2H6.CH4/c10-8(6-11)9(12)7-4-2-1-3-5-7;2*1-2;/h1-5,8-9,11-12H,6,10H2;2*1-2H3;1H4. The predicted molar refractivity (Wildman–Crippen MR) is 75.9 cm³/mol. The number of benzene rings is 1. The van der Waals surface area contributed by atoms with Crippen LogP contribution in [-0.2, 0) is 0 Å². The molecule has 0 saturated carbocycles. The van der Waals surface area contributed by atoms with Gasteiger partial charge in [-0.2, -0.15) is 0 Å². The third-order valence-corrected chi connectivity index (χ3v) is 1.76. The summed E-state index contributed by atoms with van der Waals surface area (Å²) in [6, 6.07) is 8.46. The van der Waals surface area contributed by atoms with Crippen molar-refractivity contribution < 1.29 is 10.2 Å². The Morgan fingerprint density at radius 1 is 1.06 bits per heavy atom. The number of hydrogen-bond acceptors (Lipinski definition) is 3. The molecule has 0 fully saturated rings. The topological polar surface area (TPSA) is 66.5 Å². The normalized spacial score (nSPS) is 11.7. The Kier molecular flexibility index (Phi) is 19.0. The highest BCUT2D eigenvalue weighted by atomic mass is 16.3. The quantitative estimate of drug-likeness (QED) is 0.764. The third-order valence-electron chi connectivity index (χ3n) is 1.76. The van der Waals surface area contributed by atoms with E-state index in [1.54, 1.807) is 12.1 Å². The van der Waals surface area contributed by atoms with E-state index in [4.69, 9.17) is 10.8 Å². The van der Waals surface area contributed by atoms with Crippen molar-refractivity contribution in [1.82, 2.24) is 0 Å². The average molecular weight is 243 g/mol. The zero-order valence-electron chi connectivity index (χ0n) is 10.7. The van der Waals surface area contributed by atoms with Gasteiger partial charge in [0.25, 0.3) is 0 Å². The van der Waals surface area contributed by atoms with Gasteiger partial charge in [-0.25, -0.2) is 0 Å². The van der Waals surface area contributed by atoms with Crippen molar-refractivity contribution in [2.24, 2.45) is 5.73 Å². The minimum atomic E-state index is -0.781. The lowest BCUT2D eigenvalue weighted by Crippen LogP contribution is -2.31. The Morgan fingerprint density at radius 2 is 1.47 bits per heavy atom. The summed E-state index contributed by atoms with van der Waals surface area (Å²) in [5.41, 5.74) is 6.18. The first kappa shape index (κ1) is 21.4. The van der Waals surface area contributed by atoms with Crippen molar-refractivity contribution in [2.75, 3.05) is 6.61 Å². The zero-order valence-corrected chi connectivity index (χ0v) is 10.7. The molecular weight excluding hydrogens is 214 g/mol. The number of aliphatic hydroxyl groups excluding tert-OH is 2. The molecule has 0 aromatic heterocycles. The molecule has 17 heavy (non-hydrogen) atoms. The van der Waals surface area contributed by atoms with E-state index >= 15 is 0 Å². The van der Waals surface area contributed by atoms with Crippen LogP contribution in [0.1, 0.15) is 46.8 Å². The summed E-state index contributed by atoms with van der Waals surface area (Å²) in [6.45, 7) is 7.79. The fourth-order valence-electron chi connectivity index (χ4n) is 0.997. The summed E-state index contributed by atoms with van der Waals surface area (Å²) in [5, 5.41) is 18.2. The molecule has 1 aromatic rings. The minimum Gasteiger partial charge on any atom is -0.395 e. The van der Waals surface area contributed by atoms with E-state index in [0.29, 0.717) is 0 Å². The van der Waals surface area contributed by atoms with Crippen LogP contribution in [0.2, 0.25) is 0 Å².